The molecule has 7 aromatic rings. The fraction of sp³-hybridized carbons (Fsp3) is 0.0256. The van der Waals surface area contributed by atoms with E-state index in [9.17, 15) is 0 Å². The third kappa shape index (κ3) is 5.01. The van der Waals surface area contributed by atoms with E-state index in [4.69, 9.17) is 20.0 Å². The van der Waals surface area contributed by atoms with Gasteiger partial charge in [-0.2, -0.15) is 0 Å². The summed E-state index contributed by atoms with van der Waals surface area (Å²) < 4.78 is 0. The number of benzene rings is 5. The van der Waals surface area contributed by atoms with Gasteiger partial charge in [-0.05, 0) is 46.7 Å². The van der Waals surface area contributed by atoms with Crippen LogP contribution in [0.4, 0.5) is 0 Å². The second-order valence-electron chi connectivity index (χ2n) is 10.9. The monoisotopic (exact) mass is 565 g/mol. The van der Waals surface area contributed by atoms with E-state index in [1.165, 1.54) is 0 Å². The van der Waals surface area contributed by atoms with Gasteiger partial charge >= 0.3 is 0 Å². The Morgan fingerprint density at radius 2 is 0.955 bits per heavy atom. The molecule has 0 saturated carbocycles. The molecule has 5 nitrogen and oxygen atoms in total. The molecule has 1 aliphatic heterocycles. The maximum atomic E-state index is 5.14. The molecule has 0 aliphatic carbocycles. The molecule has 8 rings (SSSR count). The molecule has 1 atom stereocenters. The van der Waals surface area contributed by atoms with Gasteiger partial charge in [0.25, 0.3) is 0 Å². The van der Waals surface area contributed by atoms with Crippen molar-refractivity contribution in [3.63, 3.8) is 0 Å². The molecule has 44 heavy (non-hydrogen) atoms. The van der Waals surface area contributed by atoms with Gasteiger partial charge in [0.1, 0.15) is 12.0 Å². The highest BCUT2D eigenvalue weighted by molar-refractivity contribution is 6.13. The fourth-order valence-electron chi connectivity index (χ4n) is 5.66. The maximum Gasteiger partial charge on any atom is 0.159 e. The van der Waals surface area contributed by atoms with Gasteiger partial charge in [-0.15, -0.1) is 0 Å². The largest absolute Gasteiger partial charge is 0.344 e. The molecule has 3 heterocycles. The van der Waals surface area contributed by atoms with Gasteiger partial charge in [-0.25, -0.2) is 9.98 Å². The lowest BCUT2D eigenvalue weighted by Gasteiger charge is -2.24. The average Bonchev–Trinajstić information content (AvgIpc) is 3.11. The number of amidine groups is 2. The molecule has 1 unspecified atom stereocenters. The van der Waals surface area contributed by atoms with E-state index in [0.717, 1.165) is 66.6 Å². The summed E-state index contributed by atoms with van der Waals surface area (Å²) in [7, 11) is 0. The summed E-state index contributed by atoms with van der Waals surface area (Å²) in [5, 5.41) is 8.05. The lowest BCUT2D eigenvalue weighted by molar-refractivity contribution is 0.674. The number of rotatable bonds is 5. The van der Waals surface area contributed by atoms with Crippen molar-refractivity contribution in [2.75, 3.05) is 0 Å². The van der Waals surface area contributed by atoms with E-state index < -0.39 is 0 Å². The smallest absolute Gasteiger partial charge is 0.159 e. The van der Waals surface area contributed by atoms with Crippen LogP contribution in [0.25, 0.3) is 44.1 Å². The van der Waals surface area contributed by atoms with Gasteiger partial charge < -0.3 is 5.32 Å². The minimum atomic E-state index is -0.288. The number of pyridine rings is 2. The number of aliphatic imine (C=N–C) groups is 2. The second kappa shape index (κ2) is 11.0. The molecule has 5 heteroatoms. The lowest BCUT2D eigenvalue weighted by Crippen LogP contribution is -2.33. The van der Waals surface area contributed by atoms with E-state index in [2.05, 4.69) is 96.3 Å². The number of nitrogens with zero attached hydrogens (tertiary/aromatic N) is 4. The van der Waals surface area contributed by atoms with Gasteiger partial charge in [0.05, 0.1) is 11.4 Å². The molecule has 208 valence electrons. The van der Waals surface area contributed by atoms with Crippen molar-refractivity contribution in [1.29, 1.82) is 0 Å². The minimum absolute atomic E-state index is 0.288. The molecule has 0 saturated heterocycles. The molecule has 1 N–H and O–H groups in total. The van der Waals surface area contributed by atoms with E-state index in [0.29, 0.717) is 5.84 Å². The number of hydrogen-bond donors (Lipinski definition) is 1. The summed E-state index contributed by atoms with van der Waals surface area (Å²) >= 11 is 0. The molecule has 5 aromatic carbocycles. The predicted molar refractivity (Wildman–Crippen MR) is 180 cm³/mol. The minimum Gasteiger partial charge on any atom is -0.344 e. The van der Waals surface area contributed by atoms with Crippen LogP contribution >= 0.6 is 0 Å². The number of nitrogens with one attached hydrogen (secondary N) is 1. The van der Waals surface area contributed by atoms with Crippen molar-refractivity contribution in [3.05, 3.63) is 169 Å². The van der Waals surface area contributed by atoms with E-state index in [1.54, 1.807) is 0 Å². The highest BCUT2D eigenvalue weighted by Gasteiger charge is 2.22. The zero-order valence-electron chi connectivity index (χ0n) is 23.8. The van der Waals surface area contributed by atoms with Crippen LogP contribution < -0.4 is 5.32 Å². The Kier molecular flexibility index (Phi) is 6.46. The normalized spacial score (nSPS) is 14.6. The van der Waals surface area contributed by atoms with Crippen LogP contribution in [0.1, 0.15) is 22.9 Å². The third-order valence-corrected chi connectivity index (χ3v) is 7.95. The van der Waals surface area contributed by atoms with Gasteiger partial charge in [-0.1, -0.05) is 109 Å². The Bertz CT molecular complexity index is 2110. The van der Waals surface area contributed by atoms with Crippen molar-refractivity contribution in [2.45, 2.75) is 6.17 Å². The third-order valence-electron chi connectivity index (χ3n) is 7.95. The van der Waals surface area contributed by atoms with Crippen molar-refractivity contribution in [3.8, 4) is 22.5 Å². The summed E-state index contributed by atoms with van der Waals surface area (Å²) in [6.07, 6.45) is 3.58. The van der Waals surface area contributed by atoms with Crippen molar-refractivity contribution < 1.29 is 0 Å². The first kappa shape index (κ1) is 25.7. The average molecular weight is 566 g/mol. The Morgan fingerprint density at radius 1 is 0.455 bits per heavy atom. The van der Waals surface area contributed by atoms with Gasteiger partial charge in [0.2, 0.25) is 0 Å². The number of aromatic nitrogens is 2. The molecule has 2 aromatic heterocycles. The summed E-state index contributed by atoms with van der Waals surface area (Å²) in [5.74, 6) is 1.44. The second-order valence-corrected chi connectivity index (χ2v) is 10.9. The van der Waals surface area contributed by atoms with Gasteiger partial charge in [0.15, 0.2) is 5.84 Å². The number of hydrogen-bond acceptors (Lipinski definition) is 5. The van der Waals surface area contributed by atoms with Crippen molar-refractivity contribution in [1.82, 2.24) is 15.3 Å². The van der Waals surface area contributed by atoms with Crippen LogP contribution in [0.15, 0.2) is 162 Å². The van der Waals surface area contributed by atoms with Crippen LogP contribution in [-0.4, -0.2) is 21.6 Å². The van der Waals surface area contributed by atoms with Crippen LogP contribution in [0.2, 0.25) is 0 Å². The van der Waals surface area contributed by atoms with Crippen LogP contribution in [0.3, 0.4) is 0 Å². The SMILES string of the molecule is c1ccc(C2=NC(c3cc(-c4cc5ccccc5cn4)cc(-c4cc5ccccc5cn4)c3)=NC(c3ccccc3)N2)cc1. The molecule has 1 aliphatic rings. The first-order valence-electron chi connectivity index (χ1n) is 14.7. The van der Waals surface area contributed by atoms with Gasteiger partial charge in [-0.3, -0.25) is 9.97 Å². The van der Waals surface area contributed by atoms with Crippen LogP contribution in [0, 0.1) is 0 Å². The lowest BCUT2D eigenvalue weighted by atomic mass is 9.98. The Hall–Kier alpha value is -5.94. The van der Waals surface area contributed by atoms with E-state index in [-0.39, 0.29) is 6.17 Å². The van der Waals surface area contributed by atoms with Crippen molar-refractivity contribution in [2.24, 2.45) is 9.98 Å². The molecular weight excluding hydrogens is 538 g/mol. The summed E-state index contributed by atoms with van der Waals surface area (Å²) in [6, 6.07) is 47.8. The zero-order chi connectivity index (χ0) is 29.3. The molecule has 0 bridgehead atoms. The summed E-state index contributed by atoms with van der Waals surface area (Å²) in [4.78, 5) is 20.0. The fourth-order valence-corrected chi connectivity index (χ4v) is 5.66. The summed E-state index contributed by atoms with van der Waals surface area (Å²) in [5.41, 5.74) is 6.70. The van der Waals surface area contributed by atoms with Crippen LogP contribution in [0.5, 0.6) is 0 Å². The van der Waals surface area contributed by atoms with Gasteiger partial charge in [0, 0.05) is 45.4 Å². The predicted octanol–water partition coefficient (Wildman–Crippen LogP) is 8.61. The standard InChI is InChI=1S/C39H27N5/c1-3-11-26(12-4-1)37-42-38(27-13-5-2-6-14-27)44-39(43-37)34-20-32(35-22-28-15-7-9-17-30(28)24-40-35)19-33(21-34)36-23-29-16-8-10-18-31(29)25-41-36/h1-25,37H,(H,42,43,44). The summed E-state index contributed by atoms with van der Waals surface area (Å²) in [6.45, 7) is 0. The highest BCUT2D eigenvalue weighted by Crippen LogP contribution is 2.31. The van der Waals surface area contributed by atoms with E-state index in [1.807, 2.05) is 60.9 Å². The van der Waals surface area contributed by atoms with Crippen LogP contribution in [-0.2, 0) is 0 Å². The van der Waals surface area contributed by atoms with E-state index >= 15 is 0 Å². The first-order chi connectivity index (χ1) is 21.8. The molecule has 0 spiro atoms. The molecule has 0 fully saturated rings. The first-order valence-corrected chi connectivity index (χ1v) is 14.7. The molecule has 0 amide bonds. The Morgan fingerprint density at radius 3 is 1.55 bits per heavy atom. The molecular formula is C39H27N5. The quantitative estimate of drug-likeness (QED) is 0.227. The molecule has 0 radical (unpaired) electrons. The number of fused-ring (bicyclic) bond motifs is 2. The highest BCUT2D eigenvalue weighted by atomic mass is 15.2. The zero-order valence-corrected chi connectivity index (χ0v) is 23.8. The topological polar surface area (TPSA) is 62.5 Å². The maximum absolute atomic E-state index is 5.14. The Labute approximate surface area is 255 Å². The Balaban J connectivity index is 1.33. The van der Waals surface area contributed by atoms with Crippen molar-refractivity contribution >= 4 is 33.2 Å².